The second kappa shape index (κ2) is 8.73. The molecule has 6 heteroatoms. The Labute approximate surface area is 123 Å². The summed E-state index contributed by atoms with van der Waals surface area (Å²) in [6.45, 7) is 1.94. The van der Waals surface area contributed by atoms with Crippen molar-refractivity contribution in [3.8, 4) is 0 Å². The average molecular weight is 292 g/mol. The number of unbranched alkanes of at least 4 members (excludes halogenated alkanes) is 1. The number of aliphatic carboxylic acids is 1. The molecule has 0 aliphatic rings. The first-order valence-electron chi connectivity index (χ1n) is 6.84. The lowest BCUT2D eigenvalue weighted by molar-refractivity contribution is -0.139. The molecular weight excluding hydrogens is 272 g/mol. The Morgan fingerprint density at radius 1 is 1.14 bits per heavy atom. The summed E-state index contributed by atoms with van der Waals surface area (Å²) in [7, 11) is 0. The fourth-order valence-electron chi connectivity index (χ4n) is 1.83. The van der Waals surface area contributed by atoms with Crippen LogP contribution in [0.1, 0.15) is 36.5 Å². The average Bonchev–Trinajstić information content (AvgIpc) is 2.45. The van der Waals surface area contributed by atoms with Gasteiger partial charge in [-0.3, -0.25) is 9.59 Å². The fourth-order valence-corrected chi connectivity index (χ4v) is 1.83. The molecule has 0 bridgehead atoms. The molecule has 0 fully saturated rings. The van der Waals surface area contributed by atoms with E-state index in [2.05, 4.69) is 10.6 Å². The highest BCUT2D eigenvalue weighted by atomic mass is 16.4. The van der Waals surface area contributed by atoms with Crippen molar-refractivity contribution in [2.45, 2.75) is 32.2 Å². The van der Waals surface area contributed by atoms with E-state index in [9.17, 15) is 14.4 Å². The highest BCUT2D eigenvalue weighted by Gasteiger charge is 2.19. The Morgan fingerprint density at radius 3 is 2.38 bits per heavy atom. The van der Waals surface area contributed by atoms with Crippen LogP contribution in [0.15, 0.2) is 30.3 Å². The number of benzene rings is 1. The normalized spacial score (nSPS) is 11.5. The van der Waals surface area contributed by atoms with E-state index in [-0.39, 0.29) is 5.91 Å². The van der Waals surface area contributed by atoms with Gasteiger partial charge in [-0.05, 0) is 31.4 Å². The molecule has 1 aromatic carbocycles. The minimum atomic E-state index is -1.06. The molecule has 0 heterocycles. The van der Waals surface area contributed by atoms with Crippen LogP contribution in [0, 0.1) is 0 Å². The number of carboxylic acids is 1. The summed E-state index contributed by atoms with van der Waals surface area (Å²) in [6.07, 6.45) is 1.60. The predicted octanol–water partition coefficient (Wildman–Crippen LogP) is 1.18. The summed E-state index contributed by atoms with van der Waals surface area (Å²) in [5.74, 6) is -1.56. The Hall–Kier alpha value is -2.37. The van der Waals surface area contributed by atoms with E-state index in [0.29, 0.717) is 31.4 Å². The second-order valence-electron chi connectivity index (χ2n) is 4.71. The Kier molecular flexibility index (Phi) is 6.94. The van der Waals surface area contributed by atoms with Crippen molar-refractivity contribution in [1.82, 2.24) is 10.6 Å². The number of carbonyl (C=O) groups is 3. The largest absolute Gasteiger partial charge is 0.480 e. The maximum Gasteiger partial charge on any atom is 0.326 e. The number of amides is 2. The maximum atomic E-state index is 11.9. The summed E-state index contributed by atoms with van der Waals surface area (Å²) < 4.78 is 0. The molecule has 0 aromatic heterocycles. The van der Waals surface area contributed by atoms with Crippen LogP contribution in [0.4, 0.5) is 0 Å². The van der Waals surface area contributed by atoms with Gasteiger partial charge in [0.1, 0.15) is 6.04 Å². The molecule has 3 N–H and O–H groups in total. The van der Waals surface area contributed by atoms with E-state index in [0.717, 1.165) is 0 Å². The molecule has 6 nitrogen and oxygen atoms in total. The zero-order chi connectivity index (χ0) is 15.7. The van der Waals surface area contributed by atoms with Gasteiger partial charge in [0.15, 0.2) is 0 Å². The zero-order valence-corrected chi connectivity index (χ0v) is 12.0. The minimum Gasteiger partial charge on any atom is -0.480 e. The van der Waals surface area contributed by atoms with E-state index in [4.69, 9.17) is 5.11 Å². The predicted molar refractivity (Wildman–Crippen MR) is 77.9 cm³/mol. The highest BCUT2D eigenvalue weighted by molar-refractivity contribution is 5.96. The number of nitrogens with one attached hydrogen (secondary N) is 2. The summed E-state index contributed by atoms with van der Waals surface area (Å²) in [5.41, 5.74) is 0.432. The molecule has 0 radical (unpaired) electrons. The van der Waals surface area contributed by atoms with Crippen molar-refractivity contribution in [2.24, 2.45) is 0 Å². The number of hydrogen-bond donors (Lipinski definition) is 3. The summed E-state index contributed by atoms with van der Waals surface area (Å²) in [6, 6.07) is 7.56. The standard InChI is InChI=1S/C15H20N2O4/c1-11(18)16-10-6-5-9-13(15(20)21)17-14(19)12-7-3-2-4-8-12/h2-4,7-8,13H,5-6,9-10H2,1H3,(H,16,18)(H,17,19)(H,20,21)/t13-/m0/s1. The van der Waals surface area contributed by atoms with E-state index < -0.39 is 17.9 Å². The number of carboxylic acid groups (broad SMARTS) is 1. The second-order valence-corrected chi connectivity index (χ2v) is 4.71. The van der Waals surface area contributed by atoms with Crippen LogP contribution in [0.3, 0.4) is 0 Å². The lowest BCUT2D eigenvalue weighted by atomic mass is 10.1. The molecular formula is C15H20N2O4. The van der Waals surface area contributed by atoms with Crippen molar-refractivity contribution < 1.29 is 19.5 Å². The van der Waals surface area contributed by atoms with E-state index >= 15 is 0 Å². The molecule has 0 saturated carbocycles. The first kappa shape index (κ1) is 16.7. The van der Waals surface area contributed by atoms with E-state index in [1.807, 2.05) is 0 Å². The molecule has 1 aromatic rings. The van der Waals surface area contributed by atoms with Gasteiger partial charge in [0, 0.05) is 19.0 Å². The Balaban J connectivity index is 2.41. The first-order chi connectivity index (χ1) is 10.0. The molecule has 0 unspecified atom stereocenters. The van der Waals surface area contributed by atoms with Gasteiger partial charge in [-0.2, -0.15) is 0 Å². The third-order valence-corrected chi connectivity index (χ3v) is 2.93. The van der Waals surface area contributed by atoms with Gasteiger partial charge in [0.25, 0.3) is 5.91 Å². The number of carbonyl (C=O) groups excluding carboxylic acids is 2. The van der Waals surface area contributed by atoms with Gasteiger partial charge in [-0.1, -0.05) is 18.2 Å². The van der Waals surface area contributed by atoms with Gasteiger partial charge in [0.2, 0.25) is 5.91 Å². The van der Waals surface area contributed by atoms with E-state index in [1.54, 1.807) is 30.3 Å². The van der Waals surface area contributed by atoms with Gasteiger partial charge in [-0.15, -0.1) is 0 Å². The third-order valence-electron chi connectivity index (χ3n) is 2.93. The van der Waals surface area contributed by atoms with Crippen molar-refractivity contribution in [3.63, 3.8) is 0 Å². The van der Waals surface area contributed by atoms with Crippen molar-refractivity contribution in [2.75, 3.05) is 6.54 Å². The van der Waals surface area contributed by atoms with Crippen LogP contribution in [0.25, 0.3) is 0 Å². The molecule has 0 saturated heterocycles. The minimum absolute atomic E-state index is 0.109. The topological polar surface area (TPSA) is 95.5 Å². The first-order valence-corrected chi connectivity index (χ1v) is 6.84. The Bertz CT molecular complexity index is 488. The molecule has 114 valence electrons. The summed E-state index contributed by atoms with van der Waals surface area (Å²) >= 11 is 0. The van der Waals surface area contributed by atoms with Crippen LogP contribution >= 0.6 is 0 Å². The highest BCUT2D eigenvalue weighted by Crippen LogP contribution is 2.04. The van der Waals surface area contributed by atoms with Crippen LogP contribution in [-0.4, -0.2) is 35.5 Å². The number of rotatable bonds is 8. The molecule has 0 aliphatic carbocycles. The molecule has 1 atom stereocenters. The zero-order valence-electron chi connectivity index (χ0n) is 12.0. The van der Waals surface area contributed by atoms with Crippen molar-refractivity contribution in [3.05, 3.63) is 35.9 Å². The van der Waals surface area contributed by atoms with Crippen LogP contribution in [-0.2, 0) is 9.59 Å². The summed E-state index contributed by atoms with van der Waals surface area (Å²) in [5, 5.41) is 14.3. The van der Waals surface area contributed by atoms with Crippen molar-refractivity contribution >= 4 is 17.8 Å². The smallest absolute Gasteiger partial charge is 0.326 e. The van der Waals surface area contributed by atoms with Crippen LogP contribution in [0.5, 0.6) is 0 Å². The Morgan fingerprint density at radius 2 is 1.81 bits per heavy atom. The van der Waals surface area contributed by atoms with Gasteiger partial charge in [-0.25, -0.2) is 4.79 Å². The van der Waals surface area contributed by atoms with Gasteiger partial charge < -0.3 is 15.7 Å². The molecule has 0 aliphatic heterocycles. The maximum absolute atomic E-state index is 11.9. The SMILES string of the molecule is CC(=O)NCCCC[C@H](NC(=O)c1ccccc1)C(=O)O. The van der Waals surface area contributed by atoms with Gasteiger partial charge in [0.05, 0.1) is 0 Å². The van der Waals surface area contributed by atoms with Gasteiger partial charge >= 0.3 is 5.97 Å². The molecule has 1 rings (SSSR count). The fraction of sp³-hybridized carbons (Fsp3) is 0.400. The monoisotopic (exact) mass is 292 g/mol. The van der Waals surface area contributed by atoms with Crippen molar-refractivity contribution in [1.29, 1.82) is 0 Å². The quantitative estimate of drug-likeness (QED) is 0.627. The third kappa shape index (κ3) is 6.56. The lowest BCUT2D eigenvalue weighted by Gasteiger charge is -2.14. The van der Waals surface area contributed by atoms with Crippen LogP contribution < -0.4 is 10.6 Å². The molecule has 0 spiro atoms. The van der Waals surface area contributed by atoms with E-state index in [1.165, 1.54) is 6.92 Å². The lowest BCUT2D eigenvalue weighted by Crippen LogP contribution is -2.40. The van der Waals surface area contributed by atoms with Crippen LogP contribution in [0.2, 0.25) is 0 Å². The summed E-state index contributed by atoms with van der Waals surface area (Å²) in [4.78, 5) is 33.7. The molecule has 2 amide bonds. The molecule has 21 heavy (non-hydrogen) atoms. The number of hydrogen-bond acceptors (Lipinski definition) is 3.